The van der Waals surface area contributed by atoms with Crippen LogP contribution in [0.5, 0.6) is 0 Å². The molecule has 1 heterocycles. The third-order valence-corrected chi connectivity index (χ3v) is 4.28. The Morgan fingerprint density at radius 1 is 1.39 bits per heavy atom. The van der Waals surface area contributed by atoms with Crippen LogP contribution in [-0.2, 0) is 4.74 Å². The van der Waals surface area contributed by atoms with Gasteiger partial charge in [0.15, 0.2) is 0 Å². The van der Waals surface area contributed by atoms with E-state index < -0.39 is 0 Å². The molecule has 18 heavy (non-hydrogen) atoms. The lowest BCUT2D eigenvalue weighted by atomic mass is 9.84. The molecule has 3 unspecified atom stereocenters. The van der Waals surface area contributed by atoms with Gasteiger partial charge in [0.2, 0.25) is 0 Å². The summed E-state index contributed by atoms with van der Waals surface area (Å²) in [6.45, 7) is 14.8. The van der Waals surface area contributed by atoms with Crippen molar-refractivity contribution in [2.75, 3.05) is 26.8 Å². The highest BCUT2D eigenvalue weighted by atomic mass is 16.5. The number of hydrogen-bond acceptors (Lipinski definition) is 3. The summed E-state index contributed by atoms with van der Waals surface area (Å²) >= 11 is 0. The highest BCUT2D eigenvalue weighted by molar-refractivity contribution is 4.93. The zero-order valence-corrected chi connectivity index (χ0v) is 13.1. The van der Waals surface area contributed by atoms with Gasteiger partial charge in [-0.1, -0.05) is 27.7 Å². The van der Waals surface area contributed by atoms with Crippen molar-refractivity contribution in [3.05, 3.63) is 0 Å². The molecule has 0 amide bonds. The van der Waals surface area contributed by atoms with Crippen LogP contribution < -0.4 is 5.32 Å². The molecule has 0 saturated carbocycles. The van der Waals surface area contributed by atoms with Gasteiger partial charge in [-0.05, 0) is 25.2 Å². The predicted octanol–water partition coefficient (Wildman–Crippen LogP) is 2.51. The number of nitrogens with zero attached hydrogens (tertiary/aromatic N) is 1. The van der Waals surface area contributed by atoms with Crippen LogP contribution in [0.4, 0.5) is 0 Å². The lowest BCUT2D eigenvalue weighted by molar-refractivity contribution is 0.0405. The first-order valence-corrected chi connectivity index (χ1v) is 7.38. The molecule has 0 aromatic carbocycles. The van der Waals surface area contributed by atoms with E-state index in [1.165, 1.54) is 6.42 Å². The van der Waals surface area contributed by atoms with Crippen LogP contribution in [0.15, 0.2) is 0 Å². The van der Waals surface area contributed by atoms with Crippen molar-refractivity contribution in [3.63, 3.8) is 0 Å². The molecule has 0 bridgehead atoms. The zero-order valence-electron chi connectivity index (χ0n) is 13.1. The predicted molar refractivity (Wildman–Crippen MR) is 78.0 cm³/mol. The van der Waals surface area contributed by atoms with E-state index in [2.05, 4.69) is 44.8 Å². The molecule has 3 atom stereocenters. The maximum absolute atomic E-state index is 5.22. The van der Waals surface area contributed by atoms with Crippen LogP contribution in [0.1, 0.15) is 47.5 Å². The molecule has 1 aliphatic rings. The summed E-state index contributed by atoms with van der Waals surface area (Å²) in [6.07, 6.45) is 2.35. The fourth-order valence-corrected chi connectivity index (χ4v) is 2.77. The van der Waals surface area contributed by atoms with Crippen LogP contribution in [0.25, 0.3) is 0 Å². The van der Waals surface area contributed by atoms with Crippen LogP contribution in [0, 0.1) is 5.41 Å². The Hall–Kier alpha value is -0.120. The molecular formula is C15H32N2O. The minimum Gasteiger partial charge on any atom is -0.385 e. The molecule has 0 aliphatic carbocycles. The van der Waals surface area contributed by atoms with E-state index in [0.717, 1.165) is 26.1 Å². The van der Waals surface area contributed by atoms with Crippen molar-refractivity contribution in [2.24, 2.45) is 5.41 Å². The van der Waals surface area contributed by atoms with Gasteiger partial charge in [-0.3, -0.25) is 4.90 Å². The average Bonchev–Trinajstić information content (AvgIpc) is 2.34. The van der Waals surface area contributed by atoms with Gasteiger partial charge in [-0.25, -0.2) is 0 Å². The second-order valence-electron chi connectivity index (χ2n) is 6.72. The molecule has 1 aliphatic heterocycles. The Labute approximate surface area is 113 Å². The van der Waals surface area contributed by atoms with Crippen molar-refractivity contribution >= 4 is 0 Å². The molecule has 0 radical (unpaired) electrons. The van der Waals surface area contributed by atoms with Crippen molar-refractivity contribution in [1.82, 2.24) is 10.2 Å². The highest BCUT2D eigenvalue weighted by Crippen LogP contribution is 2.26. The fraction of sp³-hybridized carbons (Fsp3) is 1.00. The zero-order chi connectivity index (χ0) is 13.8. The van der Waals surface area contributed by atoms with E-state index in [4.69, 9.17) is 4.74 Å². The maximum Gasteiger partial charge on any atom is 0.0477 e. The third kappa shape index (κ3) is 4.22. The summed E-state index contributed by atoms with van der Waals surface area (Å²) in [5.41, 5.74) is 0.331. The molecule has 0 aromatic heterocycles. The number of piperazine rings is 1. The van der Waals surface area contributed by atoms with Crippen LogP contribution in [0.3, 0.4) is 0 Å². The van der Waals surface area contributed by atoms with E-state index in [1.54, 1.807) is 7.11 Å². The van der Waals surface area contributed by atoms with Crippen LogP contribution in [0.2, 0.25) is 0 Å². The van der Waals surface area contributed by atoms with E-state index in [1.807, 2.05) is 0 Å². The largest absolute Gasteiger partial charge is 0.385 e. The van der Waals surface area contributed by atoms with Gasteiger partial charge in [-0.15, -0.1) is 0 Å². The van der Waals surface area contributed by atoms with E-state index in [-0.39, 0.29) is 0 Å². The number of nitrogens with one attached hydrogen (secondary N) is 1. The lowest BCUT2D eigenvalue weighted by Gasteiger charge is -2.47. The van der Waals surface area contributed by atoms with Gasteiger partial charge in [0.25, 0.3) is 0 Å². The first-order valence-electron chi connectivity index (χ1n) is 7.38. The summed E-state index contributed by atoms with van der Waals surface area (Å²) < 4.78 is 5.22. The van der Waals surface area contributed by atoms with Gasteiger partial charge in [0.05, 0.1) is 0 Å². The van der Waals surface area contributed by atoms with Gasteiger partial charge in [0.1, 0.15) is 0 Å². The van der Waals surface area contributed by atoms with E-state index in [0.29, 0.717) is 23.5 Å². The average molecular weight is 256 g/mol. The molecule has 3 heteroatoms. The van der Waals surface area contributed by atoms with E-state index >= 15 is 0 Å². The Balaban J connectivity index is 2.64. The second kappa shape index (κ2) is 6.88. The summed E-state index contributed by atoms with van der Waals surface area (Å²) in [4.78, 5) is 2.69. The summed E-state index contributed by atoms with van der Waals surface area (Å²) in [7, 11) is 1.79. The number of methoxy groups -OCH3 is 1. The first kappa shape index (κ1) is 15.9. The third-order valence-electron chi connectivity index (χ3n) is 4.28. The second-order valence-corrected chi connectivity index (χ2v) is 6.72. The van der Waals surface area contributed by atoms with Crippen LogP contribution in [-0.4, -0.2) is 49.8 Å². The molecular weight excluding hydrogens is 224 g/mol. The lowest BCUT2D eigenvalue weighted by Crippen LogP contribution is -2.62. The Bertz CT molecular complexity index is 237. The maximum atomic E-state index is 5.22. The fourth-order valence-electron chi connectivity index (χ4n) is 2.77. The van der Waals surface area contributed by atoms with Gasteiger partial charge in [-0.2, -0.15) is 0 Å². The Morgan fingerprint density at radius 2 is 2.06 bits per heavy atom. The van der Waals surface area contributed by atoms with Gasteiger partial charge in [0, 0.05) is 44.9 Å². The minimum absolute atomic E-state index is 0.331. The molecule has 1 rings (SSSR count). The Morgan fingerprint density at radius 3 is 2.56 bits per heavy atom. The molecule has 0 spiro atoms. The van der Waals surface area contributed by atoms with Crippen LogP contribution >= 0.6 is 0 Å². The van der Waals surface area contributed by atoms with Crippen molar-refractivity contribution in [3.8, 4) is 0 Å². The standard InChI is InChI=1S/C15H32N2O/c1-7-13-10-16-14(15(3,4)5)11-17(13)12(2)8-9-18-6/h12-14,16H,7-11H2,1-6H3. The first-order chi connectivity index (χ1) is 8.40. The quantitative estimate of drug-likeness (QED) is 0.818. The summed E-state index contributed by atoms with van der Waals surface area (Å²) in [5.74, 6) is 0. The van der Waals surface area contributed by atoms with Gasteiger partial charge >= 0.3 is 0 Å². The molecule has 1 N–H and O–H groups in total. The summed E-state index contributed by atoms with van der Waals surface area (Å²) in [6, 6.07) is 1.88. The van der Waals surface area contributed by atoms with Crippen molar-refractivity contribution in [1.29, 1.82) is 0 Å². The highest BCUT2D eigenvalue weighted by Gasteiger charge is 2.35. The monoisotopic (exact) mass is 256 g/mol. The molecule has 108 valence electrons. The van der Waals surface area contributed by atoms with Crippen molar-refractivity contribution < 1.29 is 4.74 Å². The molecule has 0 aromatic rings. The summed E-state index contributed by atoms with van der Waals surface area (Å²) in [5, 5.41) is 3.73. The van der Waals surface area contributed by atoms with E-state index in [9.17, 15) is 0 Å². The van der Waals surface area contributed by atoms with Crippen molar-refractivity contribution in [2.45, 2.75) is 65.6 Å². The minimum atomic E-state index is 0.331. The normalized spacial score (nSPS) is 28.3. The number of rotatable bonds is 5. The topological polar surface area (TPSA) is 24.5 Å². The number of hydrogen-bond donors (Lipinski definition) is 1. The SMILES string of the molecule is CCC1CNC(C(C)(C)C)CN1C(C)CCOC. The molecule has 3 nitrogen and oxygen atoms in total. The smallest absolute Gasteiger partial charge is 0.0477 e. The van der Waals surface area contributed by atoms with Gasteiger partial charge < -0.3 is 10.1 Å². The molecule has 1 saturated heterocycles. The molecule has 1 fully saturated rings. The Kier molecular flexibility index (Phi) is 6.09. The number of ether oxygens (including phenoxy) is 1.